The summed E-state index contributed by atoms with van der Waals surface area (Å²) in [7, 11) is 0. The number of nitrogens with one attached hydrogen (secondary N) is 1. The number of carbonyl (C=O) groups excluding carboxylic acids is 3. The number of thioether (sulfide) groups is 2. The van der Waals surface area contributed by atoms with Crippen molar-refractivity contribution in [2.45, 2.75) is 35.8 Å². The Balaban J connectivity index is 1.28. The summed E-state index contributed by atoms with van der Waals surface area (Å²) in [5.74, 6) is 0.0232. The first-order valence-electron chi connectivity index (χ1n) is 14.4. The van der Waals surface area contributed by atoms with E-state index in [1.807, 2.05) is 91.0 Å². The Labute approximate surface area is 268 Å². The predicted molar refractivity (Wildman–Crippen MR) is 173 cm³/mol. The predicted octanol–water partition coefficient (Wildman–Crippen LogP) is 5.27. The molecule has 1 fully saturated rings. The normalized spacial score (nSPS) is 17.5. The van der Waals surface area contributed by atoms with Crippen LogP contribution in [0, 0.1) is 6.92 Å². The topological polar surface area (TPSA) is 106 Å². The molecular weight excluding hydrogens is 609 g/mol. The van der Waals surface area contributed by atoms with Gasteiger partial charge in [-0.2, -0.15) is 0 Å². The average Bonchev–Trinajstić information content (AvgIpc) is 3.05. The molecule has 2 aliphatic heterocycles. The van der Waals surface area contributed by atoms with Crippen LogP contribution in [0.15, 0.2) is 129 Å². The molecule has 1 N–H and O–H groups in total. The number of amides is 2. The number of ether oxygens (including phenoxy) is 1. The van der Waals surface area contributed by atoms with Gasteiger partial charge in [0.05, 0.1) is 6.42 Å². The summed E-state index contributed by atoms with van der Waals surface area (Å²) in [6.45, 7) is 1.70. The molecule has 3 heterocycles. The van der Waals surface area contributed by atoms with Crippen LogP contribution in [0.4, 0.5) is 0 Å². The summed E-state index contributed by atoms with van der Waals surface area (Å²) in [6.07, 6.45) is -0.553. The summed E-state index contributed by atoms with van der Waals surface area (Å²) in [5, 5.41) is 2.42. The molecule has 2 aliphatic rings. The van der Waals surface area contributed by atoms with E-state index in [0.717, 1.165) is 16.7 Å². The molecule has 0 radical (unpaired) electrons. The molecule has 1 saturated heterocycles. The highest BCUT2D eigenvalue weighted by atomic mass is 32.2. The second kappa shape index (κ2) is 13.6. The molecule has 4 aromatic rings. The lowest BCUT2D eigenvalue weighted by atomic mass is 10.0. The van der Waals surface area contributed by atoms with Crippen LogP contribution >= 0.6 is 23.5 Å². The first-order chi connectivity index (χ1) is 21.9. The third kappa shape index (κ3) is 6.92. The Morgan fingerprint density at radius 3 is 2.20 bits per heavy atom. The number of β-lactam (4-membered cyclic amide) rings is 1. The van der Waals surface area contributed by atoms with Crippen molar-refractivity contribution >= 4 is 41.3 Å². The zero-order valence-electron chi connectivity index (χ0n) is 24.4. The third-order valence-corrected chi connectivity index (χ3v) is 9.88. The van der Waals surface area contributed by atoms with Gasteiger partial charge in [-0.25, -0.2) is 9.59 Å². The first-order valence-corrected chi connectivity index (χ1v) is 16.5. The second-order valence-corrected chi connectivity index (χ2v) is 12.8. The minimum Gasteiger partial charge on any atom is -0.448 e. The van der Waals surface area contributed by atoms with Crippen molar-refractivity contribution in [3.63, 3.8) is 0 Å². The van der Waals surface area contributed by atoms with E-state index in [2.05, 4.69) is 5.32 Å². The van der Waals surface area contributed by atoms with Crippen molar-refractivity contribution in [1.29, 1.82) is 0 Å². The van der Waals surface area contributed by atoms with Crippen molar-refractivity contribution in [3.05, 3.63) is 147 Å². The molecule has 0 unspecified atom stereocenters. The summed E-state index contributed by atoms with van der Waals surface area (Å²) in [4.78, 5) is 54.7. The minimum atomic E-state index is -0.760. The maximum atomic E-state index is 14.1. The molecule has 6 rings (SSSR count). The van der Waals surface area contributed by atoms with Crippen molar-refractivity contribution in [2.75, 3.05) is 11.5 Å². The Bertz CT molecular complexity index is 1750. The van der Waals surface area contributed by atoms with Gasteiger partial charge < -0.3 is 14.5 Å². The highest BCUT2D eigenvalue weighted by Crippen LogP contribution is 2.43. The molecule has 2 atom stereocenters. The van der Waals surface area contributed by atoms with E-state index in [1.165, 1.54) is 34.5 Å². The molecule has 0 bridgehead atoms. The smallest absolute Gasteiger partial charge is 0.356 e. The fourth-order valence-electron chi connectivity index (χ4n) is 5.37. The number of esters is 1. The van der Waals surface area contributed by atoms with Crippen LogP contribution in [-0.2, 0) is 25.5 Å². The Morgan fingerprint density at radius 1 is 0.956 bits per heavy atom. The number of fused-ring (bicyclic) bond motifs is 1. The van der Waals surface area contributed by atoms with E-state index in [9.17, 15) is 19.2 Å². The maximum absolute atomic E-state index is 14.1. The number of hydrogen-bond acceptors (Lipinski definition) is 8. The van der Waals surface area contributed by atoms with Gasteiger partial charge in [-0.05, 0) is 35.3 Å². The van der Waals surface area contributed by atoms with E-state index >= 15 is 0 Å². The van der Waals surface area contributed by atoms with Crippen LogP contribution in [-0.4, -0.2) is 45.6 Å². The Kier molecular flexibility index (Phi) is 9.23. The number of rotatable bonds is 10. The number of nitrogens with zero attached hydrogens (tertiary/aromatic N) is 1. The van der Waals surface area contributed by atoms with Crippen molar-refractivity contribution in [3.8, 4) is 0 Å². The monoisotopic (exact) mass is 638 g/mol. The molecule has 2 amide bonds. The van der Waals surface area contributed by atoms with Gasteiger partial charge in [0.15, 0.2) is 6.10 Å². The lowest BCUT2D eigenvalue weighted by Gasteiger charge is -2.50. The number of aryl methyl sites for hydroxylation is 1. The second-order valence-electron chi connectivity index (χ2n) is 10.7. The molecule has 3 aromatic carbocycles. The Morgan fingerprint density at radius 2 is 1.58 bits per heavy atom. The largest absolute Gasteiger partial charge is 0.448 e. The van der Waals surface area contributed by atoms with Gasteiger partial charge in [-0.1, -0.05) is 91.0 Å². The van der Waals surface area contributed by atoms with Gasteiger partial charge in [0, 0.05) is 22.5 Å². The molecule has 8 nitrogen and oxygen atoms in total. The fraction of sp³-hybridized carbons (Fsp3) is 0.200. The molecule has 10 heteroatoms. The lowest BCUT2D eigenvalue weighted by molar-refractivity contribution is -0.154. The zero-order valence-corrected chi connectivity index (χ0v) is 26.0. The minimum absolute atomic E-state index is 0.148. The van der Waals surface area contributed by atoms with Crippen LogP contribution < -0.4 is 10.9 Å². The summed E-state index contributed by atoms with van der Waals surface area (Å²) < 4.78 is 11.3. The van der Waals surface area contributed by atoms with Crippen molar-refractivity contribution in [2.24, 2.45) is 0 Å². The summed E-state index contributed by atoms with van der Waals surface area (Å²) in [5.41, 5.74) is 2.87. The molecule has 45 heavy (non-hydrogen) atoms. The van der Waals surface area contributed by atoms with Crippen LogP contribution in [0.1, 0.15) is 28.6 Å². The number of benzene rings is 3. The SMILES string of the molecule is Cc1cc(SCC2=C(C(=O)OC(c3ccccc3)c3ccccc3)N3C(=O)[C@@H](NC(=O)Cc4ccccc4)[C@@H]3SC2)cc(=O)o1. The molecule has 0 saturated carbocycles. The van der Waals surface area contributed by atoms with Crippen LogP contribution in [0.25, 0.3) is 0 Å². The zero-order chi connectivity index (χ0) is 31.3. The molecule has 228 valence electrons. The van der Waals surface area contributed by atoms with E-state index in [1.54, 1.807) is 13.0 Å². The number of hydrogen-bond donors (Lipinski definition) is 1. The van der Waals surface area contributed by atoms with Crippen LogP contribution in [0.3, 0.4) is 0 Å². The lowest BCUT2D eigenvalue weighted by Crippen LogP contribution is -2.70. The fourth-order valence-corrected chi connectivity index (χ4v) is 7.85. The quantitative estimate of drug-likeness (QED) is 0.142. The van der Waals surface area contributed by atoms with Gasteiger partial charge in [0.25, 0.3) is 5.91 Å². The summed E-state index contributed by atoms with van der Waals surface area (Å²) in [6, 6.07) is 30.6. The van der Waals surface area contributed by atoms with Crippen LogP contribution in [0.2, 0.25) is 0 Å². The van der Waals surface area contributed by atoms with Crippen molar-refractivity contribution in [1.82, 2.24) is 10.2 Å². The van der Waals surface area contributed by atoms with Crippen molar-refractivity contribution < 1.29 is 23.5 Å². The average molecular weight is 639 g/mol. The maximum Gasteiger partial charge on any atom is 0.356 e. The highest BCUT2D eigenvalue weighted by Gasteiger charge is 2.54. The van der Waals surface area contributed by atoms with E-state index in [-0.39, 0.29) is 23.9 Å². The van der Waals surface area contributed by atoms with E-state index in [0.29, 0.717) is 27.7 Å². The summed E-state index contributed by atoms with van der Waals surface area (Å²) >= 11 is 2.87. The van der Waals surface area contributed by atoms with E-state index < -0.39 is 29.1 Å². The molecular formula is C35H30N2O6S2. The van der Waals surface area contributed by atoms with E-state index in [4.69, 9.17) is 9.15 Å². The van der Waals surface area contributed by atoms with Gasteiger partial charge in [0.1, 0.15) is 22.9 Å². The first kappa shape index (κ1) is 30.5. The molecule has 0 aliphatic carbocycles. The molecule has 1 aromatic heterocycles. The van der Waals surface area contributed by atoms with Gasteiger partial charge in [-0.15, -0.1) is 23.5 Å². The number of carbonyl (C=O) groups is 3. The van der Waals surface area contributed by atoms with Gasteiger partial charge in [-0.3, -0.25) is 14.5 Å². The Hall–Kier alpha value is -4.54. The van der Waals surface area contributed by atoms with Gasteiger partial charge >= 0.3 is 11.6 Å². The highest BCUT2D eigenvalue weighted by molar-refractivity contribution is 8.01. The standard InChI is InChI=1S/C35H30N2O6S2/c1-22-17-27(19-29(39)42-22)44-20-26-21-45-34-30(36-28(38)18-23-11-5-2-6-12-23)33(40)37(34)31(26)35(41)43-32(24-13-7-3-8-14-24)25-15-9-4-10-16-25/h2-17,19,30,32,34H,18,20-21H2,1H3,(H,36,38)/t30-,34+/m1/s1. The third-order valence-electron chi connectivity index (χ3n) is 7.47. The molecule has 0 spiro atoms. The van der Waals surface area contributed by atoms with Crippen LogP contribution in [0.5, 0.6) is 0 Å². The van der Waals surface area contributed by atoms with Gasteiger partial charge in [0.2, 0.25) is 5.91 Å².